The van der Waals surface area contributed by atoms with Crippen molar-refractivity contribution < 1.29 is 0 Å². The summed E-state index contributed by atoms with van der Waals surface area (Å²) in [6, 6.07) is 5.83. The van der Waals surface area contributed by atoms with Gasteiger partial charge in [-0.25, -0.2) is 4.98 Å². The van der Waals surface area contributed by atoms with Gasteiger partial charge in [0.1, 0.15) is 0 Å². The van der Waals surface area contributed by atoms with E-state index in [0.29, 0.717) is 12.5 Å². The van der Waals surface area contributed by atoms with E-state index in [0.717, 1.165) is 11.4 Å². The van der Waals surface area contributed by atoms with E-state index in [1.165, 1.54) is 0 Å². The fraction of sp³-hybridized carbons (Fsp3) is 0.200. The Morgan fingerprint density at radius 2 is 2.21 bits per heavy atom. The molecule has 0 fully saturated rings. The zero-order valence-electron chi connectivity index (χ0n) is 8.01. The van der Waals surface area contributed by atoms with Gasteiger partial charge in [-0.05, 0) is 19.1 Å². The fourth-order valence-electron chi connectivity index (χ4n) is 1.34. The van der Waals surface area contributed by atoms with E-state index in [-0.39, 0.29) is 0 Å². The molecule has 2 rings (SSSR count). The number of nitrogens with two attached hydrogens (primary N) is 1. The average molecular weight is 188 g/mol. The Morgan fingerprint density at radius 1 is 1.36 bits per heavy atom. The summed E-state index contributed by atoms with van der Waals surface area (Å²) in [5.41, 5.74) is 7.75. The van der Waals surface area contributed by atoms with Crippen molar-refractivity contribution in [3.05, 3.63) is 42.0 Å². The van der Waals surface area contributed by atoms with Crippen LogP contribution in [0.15, 0.2) is 30.6 Å². The topological polar surface area (TPSA) is 56.7 Å². The van der Waals surface area contributed by atoms with Crippen LogP contribution >= 0.6 is 0 Å². The molecule has 2 aromatic heterocycles. The van der Waals surface area contributed by atoms with Gasteiger partial charge in [-0.3, -0.25) is 4.98 Å². The first-order chi connectivity index (χ1) is 6.77. The maximum atomic E-state index is 5.71. The van der Waals surface area contributed by atoms with Gasteiger partial charge in [0.15, 0.2) is 0 Å². The van der Waals surface area contributed by atoms with Crippen LogP contribution in [0, 0.1) is 6.92 Å². The maximum absolute atomic E-state index is 5.71. The first kappa shape index (κ1) is 8.74. The minimum Gasteiger partial charge on any atom is -0.369 e. The molecule has 0 bridgehead atoms. The maximum Gasteiger partial charge on any atom is 0.200 e. The molecular formula is C10H12N4. The second kappa shape index (κ2) is 3.49. The highest BCUT2D eigenvalue weighted by molar-refractivity contribution is 5.23. The van der Waals surface area contributed by atoms with E-state index in [9.17, 15) is 0 Å². The van der Waals surface area contributed by atoms with Gasteiger partial charge in [-0.2, -0.15) is 0 Å². The predicted molar refractivity (Wildman–Crippen MR) is 54.7 cm³/mol. The molecule has 0 aliphatic carbocycles. The molecule has 4 nitrogen and oxygen atoms in total. The van der Waals surface area contributed by atoms with Crippen LogP contribution in [0.2, 0.25) is 0 Å². The summed E-state index contributed by atoms with van der Waals surface area (Å²) in [6.45, 7) is 2.66. The summed E-state index contributed by atoms with van der Waals surface area (Å²) in [4.78, 5) is 8.26. The molecule has 0 saturated carbocycles. The van der Waals surface area contributed by atoms with E-state index in [1.807, 2.05) is 29.7 Å². The first-order valence-corrected chi connectivity index (χ1v) is 4.45. The number of aryl methyl sites for hydroxylation is 1. The number of rotatable bonds is 2. The number of nitrogen functional groups attached to an aromatic ring is 1. The third-order valence-electron chi connectivity index (χ3n) is 2.13. The van der Waals surface area contributed by atoms with E-state index in [1.54, 1.807) is 12.4 Å². The zero-order chi connectivity index (χ0) is 9.97. The second-order valence-corrected chi connectivity index (χ2v) is 3.16. The van der Waals surface area contributed by atoms with Crippen molar-refractivity contribution in [2.45, 2.75) is 13.5 Å². The summed E-state index contributed by atoms with van der Waals surface area (Å²) in [5, 5.41) is 0. The number of aromatic nitrogens is 3. The predicted octanol–water partition coefficient (Wildman–Crippen LogP) is 1.22. The molecule has 0 saturated heterocycles. The SMILES string of the molecule is Cc1cnc(N)n1Cc1ccccn1. The molecule has 2 heterocycles. The van der Waals surface area contributed by atoms with Gasteiger partial charge in [-0.1, -0.05) is 6.07 Å². The summed E-state index contributed by atoms with van der Waals surface area (Å²) < 4.78 is 1.93. The van der Waals surface area contributed by atoms with Crippen molar-refractivity contribution in [3.63, 3.8) is 0 Å². The molecular weight excluding hydrogens is 176 g/mol. The average Bonchev–Trinajstić information content (AvgIpc) is 2.51. The summed E-state index contributed by atoms with van der Waals surface area (Å²) in [5.74, 6) is 0.535. The Labute approximate surface area is 82.4 Å². The minimum absolute atomic E-state index is 0.535. The summed E-state index contributed by atoms with van der Waals surface area (Å²) in [6.07, 6.45) is 3.54. The van der Waals surface area contributed by atoms with Crippen LogP contribution in [0.3, 0.4) is 0 Å². The van der Waals surface area contributed by atoms with Gasteiger partial charge in [0.05, 0.1) is 18.4 Å². The third kappa shape index (κ3) is 1.59. The lowest BCUT2D eigenvalue weighted by Crippen LogP contribution is -2.07. The molecule has 0 amide bonds. The van der Waals surface area contributed by atoms with Crippen LogP contribution in [0.4, 0.5) is 5.95 Å². The van der Waals surface area contributed by atoms with Gasteiger partial charge in [0.2, 0.25) is 5.95 Å². The van der Waals surface area contributed by atoms with Crippen molar-refractivity contribution in [2.75, 3.05) is 5.73 Å². The van der Waals surface area contributed by atoms with Crippen molar-refractivity contribution in [1.29, 1.82) is 0 Å². The standard InChI is InChI=1S/C10H12N4/c1-8-6-13-10(11)14(8)7-9-4-2-3-5-12-9/h2-6H,7H2,1H3,(H2,11,13). The lowest BCUT2D eigenvalue weighted by Gasteiger charge is -2.05. The van der Waals surface area contributed by atoms with Gasteiger partial charge in [0.25, 0.3) is 0 Å². The van der Waals surface area contributed by atoms with Crippen molar-refractivity contribution in [2.24, 2.45) is 0 Å². The van der Waals surface area contributed by atoms with E-state index >= 15 is 0 Å². The van der Waals surface area contributed by atoms with Crippen LogP contribution in [0.5, 0.6) is 0 Å². The fourth-order valence-corrected chi connectivity index (χ4v) is 1.34. The van der Waals surface area contributed by atoms with Gasteiger partial charge < -0.3 is 10.3 Å². The lowest BCUT2D eigenvalue weighted by molar-refractivity contribution is 0.761. The molecule has 0 radical (unpaired) electrons. The van der Waals surface area contributed by atoms with Gasteiger partial charge >= 0.3 is 0 Å². The molecule has 0 atom stereocenters. The number of anilines is 1. The highest BCUT2D eigenvalue weighted by Gasteiger charge is 2.03. The van der Waals surface area contributed by atoms with E-state index < -0.39 is 0 Å². The van der Waals surface area contributed by atoms with Crippen LogP contribution in [-0.2, 0) is 6.54 Å². The summed E-state index contributed by atoms with van der Waals surface area (Å²) in [7, 11) is 0. The third-order valence-corrected chi connectivity index (χ3v) is 2.13. The monoisotopic (exact) mass is 188 g/mol. The van der Waals surface area contributed by atoms with Crippen LogP contribution in [0.1, 0.15) is 11.4 Å². The minimum atomic E-state index is 0.535. The van der Waals surface area contributed by atoms with E-state index in [2.05, 4.69) is 9.97 Å². The molecule has 14 heavy (non-hydrogen) atoms. The molecule has 4 heteroatoms. The van der Waals surface area contributed by atoms with Gasteiger partial charge in [0, 0.05) is 11.9 Å². The molecule has 2 aromatic rings. The number of hydrogen-bond acceptors (Lipinski definition) is 3. The van der Waals surface area contributed by atoms with Crippen molar-refractivity contribution in [3.8, 4) is 0 Å². The Balaban J connectivity index is 2.27. The molecule has 2 N–H and O–H groups in total. The number of pyridine rings is 1. The van der Waals surface area contributed by atoms with Crippen LogP contribution in [0.25, 0.3) is 0 Å². The number of hydrogen-bond donors (Lipinski definition) is 1. The highest BCUT2D eigenvalue weighted by Crippen LogP contribution is 2.08. The van der Waals surface area contributed by atoms with Crippen molar-refractivity contribution in [1.82, 2.24) is 14.5 Å². The van der Waals surface area contributed by atoms with Gasteiger partial charge in [-0.15, -0.1) is 0 Å². The largest absolute Gasteiger partial charge is 0.369 e. The van der Waals surface area contributed by atoms with Crippen LogP contribution < -0.4 is 5.73 Å². The van der Waals surface area contributed by atoms with Crippen LogP contribution in [-0.4, -0.2) is 14.5 Å². The quantitative estimate of drug-likeness (QED) is 0.770. The second-order valence-electron chi connectivity index (χ2n) is 3.16. The number of nitrogens with zero attached hydrogens (tertiary/aromatic N) is 3. The molecule has 0 aliphatic rings. The molecule has 0 unspecified atom stereocenters. The van der Waals surface area contributed by atoms with Crippen molar-refractivity contribution >= 4 is 5.95 Å². The zero-order valence-corrected chi connectivity index (χ0v) is 8.01. The molecule has 0 spiro atoms. The molecule has 0 aromatic carbocycles. The Bertz CT molecular complexity index is 399. The molecule has 72 valence electrons. The highest BCUT2D eigenvalue weighted by atomic mass is 15.2. The Hall–Kier alpha value is -1.84. The summed E-state index contributed by atoms with van der Waals surface area (Å²) >= 11 is 0. The lowest BCUT2D eigenvalue weighted by atomic mass is 10.3. The smallest absolute Gasteiger partial charge is 0.200 e. The van der Waals surface area contributed by atoms with E-state index in [4.69, 9.17) is 5.73 Å². The Morgan fingerprint density at radius 3 is 2.79 bits per heavy atom. The molecule has 0 aliphatic heterocycles. The Kier molecular flexibility index (Phi) is 2.18. The normalized spacial score (nSPS) is 10.4. The number of imidazole rings is 1. The first-order valence-electron chi connectivity index (χ1n) is 4.45.